The number of carbonyl (C=O) groups is 2. The van der Waals surface area contributed by atoms with E-state index in [1.54, 1.807) is 24.3 Å². The zero-order chi connectivity index (χ0) is 13.7. The Morgan fingerprint density at radius 3 is 2.11 bits per heavy atom. The van der Waals surface area contributed by atoms with Crippen LogP contribution >= 0.6 is 0 Å². The van der Waals surface area contributed by atoms with Gasteiger partial charge in [0, 0.05) is 11.5 Å². The molecule has 0 spiro atoms. The van der Waals surface area contributed by atoms with Gasteiger partial charge in [-0.3, -0.25) is 4.79 Å². The van der Waals surface area contributed by atoms with Crippen LogP contribution in [-0.2, 0) is 4.74 Å². The molecule has 3 heteroatoms. The largest absolute Gasteiger partial charge is 0.462 e. The molecular weight excluding hydrogens is 228 g/mol. The normalized spacial score (nSPS) is 10.8. The predicted octanol–water partition coefficient (Wildman–Crippen LogP) is 3.34. The van der Waals surface area contributed by atoms with E-state index in [0.717, 1.165) is 0 Å². The maximum absolute atomic E-state index is 12.0. The first-order valence-electron chi connectivity index (χ1n) is 6.23. The molecule has 98 valence electrons. The summed E-state index contributed by atoms with van der Waals surface area (Å²) >= 11 is 0. The molecule has 1 aromatic carbocycles. The third kappa shape index (κ3) is 3.69. The Kier molecular flexibility index (Phi) is 5.08. The Bertz CT molecular complexity index is 433. The van der Waals surface area contributed by atoms with Crippen molar-refractivity contribution in [2.24, 2.45) is 11.8 Å². The van der Waals surface area contributed by atoms with Crippen molar-refractivity contribution in [1.82, 2.24) is 0 Å². The van der Waals surface area contributed by atoms with Gasteiger partial charge in [0.25, 0.3) is 0 Å². The van der Waals surface area contributed by atoms with Crippen molar-refractivity contribution in [3.63, 3.8) is 0 Å². The van der Waals surface area contributed by atoms with Crippen LogP contribution in [0.1, 0.15) is 48.4 Å². The van der Waals surface area contributed by atoms with Crippen LogP contribution in [0.5, 0.6) is 0 Å². The number of ketones is 1. The number of ether oxygens (including phenoxy) is 1. The van der Waals surface area contributed by atoms with Crippen molar-refractivity contribution < 1.29 is 14.3 Å². The number of carbonyl (C=O) groups excluding carboxylic acids is 2. The zero-order valence-corrected chi connectivity index (χ0v) is 11.4. The molecule has 0 aliphatic rings. The standard InChI is InChI=1S/C15H20O3/c1-10(2)9-18-15(17)13-8-6-5-7-12(13)14(16)11(3)4/h5-8,10-11H,9H2,1-4H3. The number of esters is 1. The molecule has 18 heavy (non-hydrogen) atoms. The monoisotopic (exact) mass is 248 g/mol. The summed E-state index contributed by atoms with van der Waals surface area (Å²) in [5.41, 5.74) is 0.804. The Hall–Kier alpha value is -1.64. The summed E-state index contributed by atoms with van der Waals surface area (Å²) in [7, 11) is 0. The highest BCUT2D eigenvalue weighted by Gasteiger charge is 2.19. The molecular formula is C15H20O3. The lowest BCUT2D eigenvalue weighted by atomic mass is 9.96. The van der Waals surface area contributed by atoms with Gasteiger partial charge in [-0.2, -0.15) is 0 Å². The molecule has 0 bridgehead atoms. The van der Waals surface area contributed by atoms with E-state index >= 15 is 0 Å². The topological polar surface area (TPSA) is 43.4 Å². The lowest BCUT2D eigenvalue weighted by molar-refractivity contribution is 0.0455. The Balaban J connectivity index is 2.95. The summed E-state index contributed by atoms with van der Waals surface area (Å²) in [6, 6.07) is 6.81. The summed E-state index contributed by atoms with van der Waals surface area (Å²) < 4.78 is 5.17. The van der Waals surface area contributed by atoms with E-state index in [4.69, 9.17) is 4.74 Å². The average molecular weight is 248 g/mol. The fourth-order valence-electron chi connectivity index (χ4n) is 1.51. The molecule has 0 saturated carbocycles. The molecule has 0 saturated heterocycles. The highest BCUT2D eigenvalue weighted by Crippen LogP contribution is 2.15. The summed E-state index contributed by atoms with van der Waals surface area (Å²) in [6.07, 6.45) is 0. The average Bonchev–Trinajstić information content (AvgIpc) is 2.34. The fourth-order valence-corrected chi connectivity index (χ4v) is 1.51. The molecule has 0 N–H and O–H groups in total. The molecule has 1 rings (SSSR count). The predicted molar refractivity (Wildman–Crippen MR) is 70.7 cm³/mol. The number of hydrogen-bond donors (Lipinski definition) is 0. The van der Waals surface area contributed by atoms with Gasteiger partial charge in [0.05, 0.1) is 12.2 Å². The van der Waals surface area contributed by atoms with Gasteiger partial charge in [0.2, 0.25) is 0 Å². The Morgan fingerprint density at radius 1 is 1.06 bits per heavy atom. The maximum atomic E-state index is 12.0. The van der Waals surface area contributed by atoms with Gasteiger partial charge in [0.15, 0.2) is 5.78 Å². The van der Waals surface area contributed by atoms with Crippen LogP contribution in [0.3, 0.4) is 0 Å². The van der Waals surface area contributed by atoms with Crippen LogP contribution < -0.4 is 0 Å². The highest BCUT2D eigenvalue weighted by molar-refractivity contribution is 6.07. The van der Waals surface area contributed by atoms with E-state index in [1.807, 2.05) is 27.7 Å². The third-order valence-electron chi connectivity index (χ3n) is 2.48. The van der Waals surface area contributed by atoms with Crippen molar-refractivity contribution in [2.45, 2.75) is 27.7 Å². The smallest absolute Gasteiger partial charge is 0.338 e. The van der Waals surface area contributed by atoms with E-state index < -0.39 is 5.97 Å². The first-order chi connectivity index (χ1) is 8.43. The number of Topliss-reactive ketones (excluding diaryl/α,β-unsaturated/α-hetero) is 1. The van der Waals surface area contributed by atoms with Gasteiger partial charge in [-0.05, 0) is 12.0 Å². The Labute approximate surface area is 108 Å². The van der Waals surface area contributed by atoms with Crippen LogP contribution in [0.15, 0.2) is 24.3 Å². The lowest BCUT2D eigenvalue weighted by Gasteiger charge is -2.11. The van der Waals surface area contributed by atoms with Crippen LogP contribution in [0.4, 0.5) is 0 Å². The maximum Gasteiger partial charge on any atom is 0.338 e. The van der Waals surface area contributed by atoms with Crippen LogP contribution in [-0.4, -0.2) is 18.4 Å². The molecule has 0 atom stereocenters. The van der Waals surface area contributed by atoms with Crippen LogP contribution in [0.25, 0.3) is 0 Å². The van der Waals surface area contributed by atoms with Crippen molar-refractivity contribution in [3.05, 3.63) is 35.4 Å². The highest BCUT2D eigenvalue weighted by atomic mass is 16.5. The first-order valence-corrected chi connectivity index (χ1v) is 6.23. The number of benzene rings is 1. The molecule has 0 fully saturated rings. The summed E-state index contributed by atoms with van der Waals surface area (Å²) in [4.78, 5) is 23.9. The molecule has 0 heterocycles. The van der Waals surface area contributed by atoms with Crippen LogP contribution in [0, 0.1) is 11.8 Å². The molecule has 3 nitrogen and oxygen atoms in total. The molecule has 0 aliphatic heterocycles. The summed E-state index contributed by atoms with van der Waals surface area (Å²) in [6.45, 7) is 7.94. The van der Waals surface area contributed by atoms with Crippen LogP contribution in [0.2, 0.25) is 0 Å². The number of rotatable bonds is 5. The minimum Gasteiger partial charge on any atom is -0.462 e. The van der Waals surface area contributed by atoms with Crippen molar-refractivity contribution in [2.75, 3.05) is 6.61 Å². The Morgan fingerprint density at radius 2 is 1.61 bits per heavy atom. The molecule has 0 aliphatic carbocycles. The zero-order valence-electron chi connectivity index (χ0n) is 11.4. The molecule has 0 aromatic heterocycles. The van der Waals surface area contributed by atoms with Gasteiger partial charge in [-0.25, -0.2) is 4.79 Å². The van der Waals surface area contributed by atoms with Gasteiger partial charge in [-0.15, -0.1) is 0 Å². The van der Waals surface area contributed by atoms with E-state index in [2.05, 4.69) is 0 Å². The van der Waals surface area contributed by atoms with E-state index in [9.17, 15) is 9.59 Å². The SMILES string of the molecule is CC(C)COC(=O)c1ccccc1C(=O)C(C)C. The second kappa shape index (κ2) is 6.34. The minimum atomic E-state index is -0.423. The molecule has 0 unspecified atom stereocenters. The van der Waals surface area contributed by atoms with E-state index in [-0.39, 0.29) is 17.6 Å². The quantitative estimate of drug-likeness (QED) is 0.593. The van der Waals surface area contributed by atoms with Crippen molar-refractivity contribution in [3.8, 4) is 0 Å². The molecule has 1 aromatic rings. The lowest BCUT2D eigenvalue weighted by Crippen LogP contribution is -2.16. The molecule has 0 amide bonds. The van der Waals surface area contributed by atoms with Gasteiger partial charge >= 0.3 is 5.97 Å². The second-order valence-electron chi connectivity index (χ2n) is 5.06. The van der Waals surface area contributed by atoms with E-state index in [0.29, 0.717) is 17.7 Å². The summed E-state index contributed by atoms with van der Waals surface area (Å²) in [5.74, 6) is -0.314. The minimum absolute atomic E-state index is 0.0351. The van der Waals surface area contributed by atoms with Gasteiger partial charge in [-0.1, -0.05) is 45.9 Å². The third-order valence-corrected chi connectivity index (χ3v) is 2.48. The van der Waals surface area contributed by atoms with Gasteiger partial charge in [0.1, 0.15) is 0 Å². The first kappa shape index (κ1) is 14.4. The van der Waals surface area contributed by atoms with Gasteiger partial charge < -0.3 is 4.74 Å². The van der Waals surface area contributed by atoms with Crippen molar-refractivity contribution in [1.29, 1.82) is 0 Å². The number of hydrogen-bond acceptors (Lipinski definition) is 3. The van der Waals surface area contributed by atoms with E-state index in [1.165, 1.54) is 0 Å². The second-order valence-corrected chi connectivity index (χ2v) is 5.06. The molecule has 0 radical (unpaired) electrons. The fraction of sp³-hybridized carbons (Fsp3) is 0.467. The summed E-state index contributed by atoms with van der Waals surface area (Å²) in [5, 5.41) is 0. The van der Waals surface area contributed by atoms with Crippen molar-refractivity contribution >= 4 is 11.8 Å².